The largest absolute Gasteiger partial charge is 0.252 e. The second-order valence-corrected chi connectivity index (χ2v) is 4.56. The second-order valence-electron chi connectivity index (χ2n) is 4.56. The van der Waals surface area contributed by atoms with E-state index in [1.165, 1.54) is 44.9 Å². The Bertz CT molecular complexity index is 122. The molecule has 0 heterocycles. The van der Waals surface area contributed by atoms with Crippen LogP contribution in [0.4, 0.5) is 0 Å². The zero-order valence-electron chi connectivity index (χ0n) is 10.7. The van der Waals surface area contributed by atoms with Crippen molar-refractivity contribution in [1.29, 1.82) is 0 Å². The van der Waals surface area contributed by atoms with Gasteiger partial charge in [0.2, 0.25) is 0 Å². The molecule has 0 fully saturated rings. The fourth-order valence-electron chi connectivity index (χ4n) is 2.30. The second kappa shape index (κ2) is 9.17. The van der Waals surface area contributed by atoms with E-state index in [1.807, 2.05) is 0 Å². The zero-order chi connectivity index (χ0) is 11.6. The van der Waals surface area contributed by atoms with E-state index in [2.05, 4.69) is 25.7 Å². The van der Waals surface area contributed by atoms with E-state index in [1.54, 1.807) is 0 Å². The number of unbranched alkanes of at least 4 members (excludes halogenated alkanes) is 3. The molecule has 0 amide bonds. The van der Waals surface area contributed by atoms with Gasteiger partial charge in [-0.1, -0.05) is 59.3 Å². The summed E-state index contributed by atoms with van der Waals surface area (Å²) in [5, 5.41) is 8.17. The number of hydrogen-bond donors (Lipinski definition) is 1. The Morgan fingerprint density at radius 1 is 0.867 bits per heavy atom. The summed E-state index contributed by atoms with van der Waals surface area (Å²) in [5.74, 6) is 0. The summed E-state index contributed by atoms with van der Waals surface area (Å²) in [6, 6.07) is 0. The Morgan fingerprint density at radius 2 is 1.40 bits per heavy atom. The molecule has 0 radical (unpaired) electrons. The first kappa shape index (κ1) is 14.9. The fraction of sp³-hybridized carbons (Fsp3) is 1.00. The molecule has 0 saturated carbocycles. The van der Waals surface area contributed by atoms with Crippen molar-refractivity contribution in [3.8, 4) is 0 Å². The first-order valence-electron chi connectivity index (χ1n) is 6.51. The lowest BCUT2D eigenvalue weighted by Crippen LogP contribution is -2.17. The highest BCUT2D eigenvalue weighted by molar-refractivity contribution is 4.74. The molecule has 0 aromatic carbocycles. The van der Waals surface area contributed by atoms with Crippen molar-refractivity contribution in [3.05, 3.63) is 0 Å². The van der Waals surface area contributed by atoms with Gasteiger partial charge < -0.3 is 0 Å². The Morgan fingerprint density at radius 3 is 1.87 bits per heavy atom. The highest BCUT2D eigenvalue weighted by atomic mass is 17.1. The van der Waals surface area contributed by atoms with Crippen LogP contribution < -0.4 is 0 Å². The van der Waals surface area contributed by atoms with Crippen LogP contribution in [-0.4, -0.2) is 11.9 Å². The fourth-order valence-corrected chi connectivity index (χ4v) is 2.30. The predicted octanol–water partition coefficient (Wildman–Crippen LogP) is 4.64. The maximum atomic E-state index is 8.17. The van der Waals surface area contributed by atoms with Crippen molar-refractivity contribution in [3.63, 3.8) is 0 Å². The summed E-state index contributed by atoms with van der Waals surface area (Å²) in [7, 11) is 0. The van der Waals surface area contributed by atoms with Crippen LogP contribution in [-0.2, 0) is 4.89 Å². The average Bonchev–Trinajstić information content (AvgIpc) is 2.29. The first-order valence-corrected chi connectivity index (χ1v) is 6.51. The molecule has 0 bridgehead atoms. The quantitative estimate of drug-likeness (QED) is 0.327. The standard InChI is InChI=1S/C13H28O2/c1-4-13(5-2,6-3)11-9-7-8-10-12-15-14/h14H,4-12H2,1-3H3. The van der Waals surface area contributed by atoms with E-state index in [0.29, 0.717) is 12.0 Å². The van der Waals surface area contributed by atoms with Gasteiger partial charge >= 0.3 is 0 Å². The van der Waals surface area contributed by atoms with E-state index < -0.39 is 0 Å². The van der Waals surface area contributed by atoms with E-state index in [-0.39, 0.29) is 0 Å². The molecule has 0 aliphatic rings. The summed E-state index contributed by atoms with van der Waals surface area (Å²) >= 11 is 0. The Kier molecular flexibility index (Phi) is 9.12. The average molecular weight is 216 g/mol. The molecule has 1 N–H and O–H groups in total. The maximum Gasteiger partial charge on any atom is 0.0819 e. The smallest absolute Gasteiger partial charge is 0.0819 e. The van der Waals surface area contributed by atoms with Gasteiger partial charge in [0.15, 0.2) is 0 Å². The molecule has 0 saturated heterocycles. The van der Waals surface area contributed by atoms with Gasteiger partial charge in [0, 0.05) is 0 Å². The molecule has 2 heteroatoms. The normalized spacial score (nSPS) is 12.0. The molecular formula is C13H28O2. The van der Waals surface area contributed by atoms with Crippen molar-refractivity contribution >= 4 is 0 Å². The molecule has 0 atom stereocenters. The lowest BCUT2D eigenvalue weighted by molar-refractivity contribution is -0.242. The molecule has 2 nitrogen and oxygen atoms in total. The third kappa shape index (κ3) is 6.16. The Balaban J connectivity index is 3.54. The first-order chi connectivity index (χ1) is 7.24. The topological polar surface area (TPSA) is 29.5 Å². The Hall–Kier alpha value is -0.0800. The van der Waals surface area contributed by atoms with Crippen LogP contribution in [0.25, 0.3) is 0 Å². The molecule has 0 aromatic rings. The van der Waals surface area contributed by atoms with Gasteiger partial charge in [-0.05, 0) is 18.3 Å². The molecular weight excluding hydrogens is 188 g/mol. The molecule has 15 heavy (non-hydrogen) atoms. The lowest BCUT2D eigenvalue weighted by Gasteiger charge is -2.30. The van der Waals surface area contributed by atoms with Crippen LogP contribution in [0.5, 0.6) is 0 Å². The third-order valence-electron chi connectivity index (χ3n) is 3.94. The summed E-state index contributed by atoms with van der Waals surface area (Å²) < 4.78 is 0. The van der Waals surface area contributed by atoms with Gasteiger partial charge in [-0.3, -0.25) is 5.26 Å². The molecule has 0 aliphatic carbocycles. The van der Waals surface area contributed by atoms with E-state index in [9.17, 15) is 0 Å². The van der Waals surface area contributed by atoms with Gasteiger partial charge in [0.1, 0.15) is 0 Å². The molecule has 0 spiro atoms. The highest BCUT2D eigenvalue weighted by Crippen LogP contribution is 2.36. The Labute approximate surface area is 95.0 Å². The van der Waals surface area contributed by atoms with E-state index in [4.69, 9.17) is 5.26 Å². The summed E-state index contributed by atoms with van der Waals surface area (Å²) in [6.45, 7) is 7.42. The van der Waals surface area contributed by atoms with Crippen LogP contribution in [0, 0.1) is 5.41 Å². The minimum Gasteiger partial charge on any atom is -0.252 e. The maximum absolute atomic E-state index is 8.17. The minimum absolute atomic E-state index is 0.487. The monoisotopic (exact) mass is 216 g/mol. The van der Waals surface area contributed by atoms with Crippen molar-refractivity contribution in [2.75, 3.05) is 6.61 Å². The number of hydrogen-bond acceptors (Lipinski definition) is 2. The van der Waals surface area contributed by atoms with Gasteiger partial charge in [-0.2, -0.15) is 0 Å². The summed E-state index contributed by atoms with van der Waals surface area (Å²) in [6.07, 6.45) is 10.0. The van der Waals surface area contributed by atoms with Crippen LogP contribution >= 0.6 is 0 Å². The van der Waals surface area contributed by atoms with E-state index >= 15 is 0 Å². The molecule has 0 rings (SSSR count). The SMILES string of the molecule is CCC(CC)(CC)CCCCCCOO. The molecule has 92 valence electrons. The summed E-state index contributed by atoms with van der Waals surface area (Å²) in [5.41, 5.74) is 0.591. The molecule has 0 unspecified atom stereocenters. The molecule has 0 aromatic heterocycles. The van der Waals surface area contributed by atoms with Gasteiger partial charge in [-0.15, -0.1) is 0 Å². The summed E-state index contributed by atoms with van der Waals surface area (Å²) in [4.78, 5) is 4.05. The lowest BCUT2D eigenvalue weighted by atomic mass is 9.75. The van der Waals surface area contributed by atoms with Crippen LogP contribution in [0.2, 0.25) is 0 Å². The van der Waals surface area contributed by atoms with Crippen LogP contribution in [0.15, 0.2) is 0 Å². The third-order valence-corrected chi connectivity index (χ3v) is 3.94. The number of rotatable bonds is 10. The van der Waals surface area contributed by atoms with Crippen molar-refractivity contribution in [2.45, 2.75) is 72.1 Å². The van der Waals surface area contributed by atoms with E-state index in [0.717, 1.165) is 6.42 Å². The van der Waals surface area contributed by atoms with Gasteiger partial charge in [0.05, 0.1) is 6.61 Å². The van der Waals surface area contributed by atoms with Crippen LogP contribution in [0.1, 0.15) is 72.1 Å². The van der Waals surface area contributed by atoms with Crippen molar-refractivity contribution in [2.24, 2.45) is 5.41 Å². The molecule has 0 aliphatic heterocycles. The van der Waals surface area contributed by atoms with Crippen molar-refractivity contribution in [1.82, 2.24) is 0 Å². The minimum atomic E-state index is 0.487. The van der Waals surface area contributed by atoms with Crippen molar-refractivity contribution < 1.29 is 10.1 Å². The van der Waals surface area contributed by atoms with Crippen LogP contribution in [0.3, 0.4) is 0 Å². The highest BCUT2D eigenvalue weighted by Gasteiger charge is 2.22. The van der Waals surface area contributed by atoms with Gasteiger partial charge in [-0.25, -0.2) is 4.89 Å². The zero-order valence-corrected chi connectivity index (χ0v) is 10.7. The predicted molar refractivity (Wildman–Crippen MR) is 65.0 cm³/mol. The van der Waals surface area contributed by atoms with Gasteiger partial charge in [0.25, 0.3) is 0 Å².